The van der Waals surface area contributed by atoms with Crippen molar-refractivity contribution in [2.24, 2.45) is 0 Å². The number of hydrogen-bond acceptors (Lipinski definition) is 2. The van der Waals surface area contributed by atoms with Gasteiger partial charge in [0.2, 0.25) is 0 Å². The fraction of sp³-hybridized carbons (Fsp3) is 0.500. The van der Waals surface area contributed by atoms with Crippen LogP contribution in [0.15, 0.2) is 22.7 Å². The van der Waals surface area contributed by atoms with Crippen molar-refractivity contribution in [2.45, 2.75) is 12.6 Å². The van der Waals surface area contributed by atoms with E-state index in [1.807, 2.05) is 0 Å². The first-order valence-corrected chi connectivity index (χ1v) is 7.62. The van der Waals surface area contributed by atoms with E-state index in [0.717, 1.165) is 6.07 Å². The van der Waals surface area contributed by atoms with Gasteiger partial charge in [0, 0.05) is 41.8 Å². The van der Waals surface area contributed by atoms with Crippen LogP contribution in [0.4, 0.5) is 22.0 Å². The molecule has 1 aromatic rings. The molecule has 1 saturated heterocycles. The first kappa shape index (κ1) is 18.1. The van der Waals surface area contributed by atoms with Crippen LogP contribution in [0.5, 0.6) is 0 Å². The second-order valence-corrected chi connectivity index (χ2v) is 6.07. The molecule has 0 spiro atoms. The average molecular weight is 401 g/mol. The number of hydrogen-bond donors (Lipinski definition) is 0. The zero-order valence-electron chi connectivity index (χ0n) is 11.9. The Morgan fingerprint density at radius 3 is 2.30 bits per heavy atom. The van der Waals surface area contributed by atoms with Crippen LogP contribution in [0.25, 0.3) is 0 Å². The zero-order valence-corrected chi connectivity index (χ0v) is 13.5. The monoisotopic (exact) mass is 400 g/mol. The number of amides is 1. The third-order valence-corrected chi connectivity index (χ3v) is 4.26. The number of alkyl halides is 5. The van der Waals surface area contributed by atoms with Gasteiger partial charge in [0.15, 0.2) is 0 Å². The summed E-state index contributed by atoms with van der Waals surface area (Å²) in [5, 5.41) is 0. The van der Waals surface area contributed by atoms with Gasteiger partial charge >= 0.3 is 6.18 Å². The Hall–Kier alpha value is -1.22. The summed E-state index contributed by atoms with van der Waals surface area (Å²) >= 11 is 2.99. The predicted octanol–water partition coefficient (Wildman–Crippen LogP) is 3.71. The Bertz CT molecular complexity index is 571. The Labute approximate surface area is 138 Å². The van der Waals surface area contributed by atoms with Crippen LogP contribution >= 0.6 is 15.9 Å². The third kappa shape index (κ3) is 4.87. The Balaban J connectivity index is 2.01. The molecule has 9 heteroatoms. The molecule has 1 amide bonds. The van der Waals surface area contributed by atoms with Crippen molar-refractivity contribution in [1.29, 1.82) is 0 Å². The van der Waals surface area contributed by atoms with Crippen molar-refractivity contribution in [3.63, 3.8) is 0 Å². The highest BCUT2D eigenvalue weighted by atomic mass is 79.9. The highest BCUT2D eigenvalue weighted by molar-refractivity contribution is 9.10. The fourth-order valence-electron chi connectivity index (χ4n) is 2.39. The summed E-state index contributed by atoms with van der Waals surface area (Å²) in [5.74, 6) is -0.453. The lowest BCUT2D eigenvalue weighted by Crippen LogP contribution is -2.50. The van der Waals surface area contributed by atoms with E-state index in [4.69, 9.17) is 0 Å². The van der Waals surface area contributed by atoms with Gasteiger partial charge in [-0.15, -0.1) is 0 Å². The van der Waals surface area contributed by atoms with Gasteiger partial charge in [-0.25, -0.2) is 8.78 Å². The van der Waals surface area contributed by atoms with E-state index in [1.54, 1.807) is 0 Å². The molecule has 1 aromatic carbocycles. The molecule has 1 fully saturated rings. The van der Waals surface area contributed by atoms with Crippen LogP contribution in [-0.2, 0) is 0 Å². The summed E-state index contributed by atoms with van der Waals surface area (Å²) in [6.45, 7) is -0.542. The maximum absolute atomic E-state index is 12.9. The molecular formula is C14H14BrF5N2O. The van der Waals surface area contributed by atoms with E-state index in [9.17, 15) is 26.7 Å². The molecular weight excluding hydrogens is 387 g/mol. The molecule has 1 aliphatic heterocycles. The normalized spacial score (nSPS) is 16.9. The van der Waals surface area contributed by atoms with Gasteiger partial charge in [0.1, 0.15) is 0 Å². The smallest absolute Gasteiger partial charge is 0.336 e. The highest BCUT2D eigenvalue weighted by Gasteiger charge is 2.33. The van der Waals surface area contributed by atoms with Gasteiger partial charge in [0.25, 0.3) is 12.3 Å². The molecule has 0 aromatic heterocycles. The Morgan fingerprint density at radius 2 is 1.78 bits per heavy atom. The highest BCUT2D eigenvalue weighted by Crippen LogP contribution is 2.28. The van der Waals surface area contributed by atoms with Gasteiger partial charge in [-0.2, -0.15) is 13.2 Å². The third-order valence-electron chi connectivity index (χ3n) is 3.54. The number of piperazine rings is 1. The topological polar surface area (TPSA) is 23.6 Å². The first-order chi connectivity index (χ1) is 10.7. The van der Waals surface area contributed by atoms with E-state index in [2.05, 4.69) is 15.9 Å². The van der Waals surface area contributed by atoms with Crippen molar-refractivity contribution < 1.29 is 26.7 Å². The number of carbonyl (C=O) groups is 1. The van der Waals surface area contributed by atoms with Crippen LogP contribution in [0.2, 0.25) is 0 Å². The molecule has 0 N–H and O–H groups in total. The summed E-state index contributed by atoms with van der Waals surface area (Å²) in [5.41, 5.74) is -0.181. The summed E-state index contributed by atoms with van der Waals surface area (Å²) in [6, 6.07) is 3.90. The molecule has 0 bridgehead atoms. The quantitative estimate of drug-likeness (QED) is 0.722. The number of halogens is 6. The zero-order chi connectivity index (χ0) is 17.2. The summed E-state index contributed by atoms with van der Waals surface area (Å²) in [4.78, 5) is 14.9. The molecule has 3 nitrogen and oxygen atoms in total. The van der Waals surface area contributed by atoms with Crippen LogP contribution in [0.3, 0.4) is 0 Å². The van der Waals surface area contributed by atoms with Crippen LogP contribution in [0, 0.1) is 0 Å². The largest absolute Gasteiger partial charge is 0.401 e. The summed E-state index contributed by atoms with van der Waals surface area (Å²) < 4.78 is 62.9. The number of benzene rings is 1. The molecule has 0 atom stereocenters. The average Bonchev–Trinajstić information content (AvgIpc) is 2.46. The van der Waals surface area contributed by atoms with Crippen LogP contribution in [0.1, 0.15) is 22.3 Å². The van der Waals surface area contributed by atoms with Crippen molar-refractivity contribution in [3.8, 4) is 0 Å². The minimum atomic E-state index is -4.27. The predicted molar refractivity (Wildman–Crippen MR) is 77.5 cm³/mol. The van der Waals surface area contributed by atoms with E-state index in [0.29, 0.717) is 0 Å². The number of nitrogens with zero attached hydrogens (tertiary/aromatic N) is 2. The van der Waals surface area contributed by atoms with Crippen LogP contribution < -0.4 is 0 Å². The van der Waals surface area contributed by atoms with E-state index < -0.39 is 25.1 Å². The lowest BCUT2D eigenvalue weighted by atomic mass is 10.1. The second kappa shape index (κ2) is 7.12. The van der Waals surface area contributed by atoms with Crippen molar-refractivity contribution in [2.75, 3.05) is 32.7 Å². The molecule has 2 rings (SSSR count). The minimum Gasteiger partial charge on any atom is -0.336 e. The lowest BCUT2D eigenvalue weighted by Gasteiger charge is -2.35. The van der Waals surface area contributed by atoms with Crippen molar-refractivity contribution in [3.05, 3.63) is 33.8 Å². The molecule has 128 valence electrons. The Kier molecular flexibility index (Phi) is 5.61. The maximum Gasteiger partial charge on any atom is 0.401 e. The van der Waals surface area contributed by atoms with Crippen molar-refractivity contribution in [1.82, 2.24) is 9.80 Å². The van der Waals surface area contributed by atoms with Crippen molar-refractivity contribution >= 4 is 21.8 Å². The van der Waals surface area contributed by atoms with Gasteiger partial charge in [-0.05, 0) is 18.2 Å². The Morgan fingerprint density at radius 1 is 1.17 bits per heavy atom. The minimum absolute atomic E-state index is 0.101. The van der Waals surface area contributed by atoms with Gasteiger partial charge in [-0.3, -0.25) is 9.69 Å². The molecule has 0 aliphatic carbocycles. The summed E-state index contributed by atoms with van der Waals surface area (Å²) in [6.07, 6.45) is -7.00. The molecule has 23 heavy (non-hydrogen) atoms. The van der Waals surface area contributed by atoms with Gasteiger partial charge in [0.05, 0.1) is 6.54 Å². The maximum atomic E-state index is 12.9. The first-order valence-electron chi connectivity index (χ1n) is 6.83. The van der Waals surface area contributed by atoms with Crippen LogP contribution in [-0.4, -0.2) is 54.6 Å². The number of carbonyl (C=O) groups excluding carboxylic acids is 1. The lowest BCUT2D eigenvalue weighted by molar-refractivity contribution is -0.148. The van der Waals surface area contributed by atoms with Gasteiger partial charge in [-0.1, -0.05) is 15.9 Å². The van der Waals surface area contributed by atoms with E-state index in [-0.39, 0.29) is 41.8 Å². The molecule has 0 unspecified atom stereocenters. The summed E-state index contributed by atoms with van der Waals surface area (Å²) in [7, 11) is 0. The molecule has 0 radical (unpaired) electrons. The standard InChI is InChI=1S/C14H14BrF5N2O/c15-11-2-1-9(7-10(11)12(16)17)13(23)22-5-3-21(4-6-22)8-14(18,19)20/h1-2,7,12H,3-6,8H2. The fourth-order valence-corrected chi connectivity index (χ4v) is 2.81. The molecule has 1 aliphatic rings. The SMILES string of the molecule is O=C(c1ccc(Br)c(C(F)F)c1)N1CCN(CC(F)(F)F)CC1. The molecule has 0 saturated carbocycles. The van der Waals surface area contributed by atoms with E-state index >= 15 is 0 Å². The second-order valence-electron chi connectivity index (χ2n) is 5.22. The van der Waals surface area contributed by atoms with E-state index in [1.165, 1.54) is 21.9 Å². The number of rotatable bonds is 3. The molecule has 1 heterocycles. The van der Waals surface area contributed by atoms with Gasteiger partial charge < -0.3 is 4.90 Å².